The number of hydrogen-bond acceptors (Lipinski definition) is 5. The molecule has 2 heterocycles. The Kier molecular flexibility index (Phi) is 3.04. The summed E-state index contributed by atoms with van der Waals surface area (Å²) in [5.41, 5.74) is 1.52. The molecule has 2 aromatic rings. The first-order valence-corrected chi connectivity index (χ1v) is 5.73. The van der Waals surface area contributed by atoms with E-state index in [0.29, 0.717) is 10.2 Å². The van der Waals surface area contributed by atoms with E-state index in [1.54, 1.807) is 0 Å². The molecule has 5 nitrogen and oxygen atoms in total. The van der Waals surface area contributed by atoms with Crippen molar-refractivity contribution in [2.45, 2.75) is 19.6 Å². The highest BCUT2D eigenvalue weighted by molar-refractivity contribution is 7.17. The maximum atomic E-state index is 11.9. The van der Waals surface area contributed by atoms with Gasteiger partial charge >= 0.3 is 0 Å². The van der Waals surface area contributed by atoms with Crippen molar-refractivity contribution in [3.05, 3.63) is 27.6 Å². The van der Waals surface area contributed by atoms with Crippen LogP contribution >= 0.6 is 11.3 Å². The quantitative estimate of drug-likeness (QED) is 0.799. The molecule has 6 heteroatoms. The molecule has 1 atom stereocenters. The number of fused-ring (bicyclic) bond motifs is 1. The topological polar surface area (TPSA) is 75.4 Å². The average Bonchev–Trinajstić information content (AvgIpc) is 2.65. The van der Waals surface area contributed by atoms with E-state index in [-0.39, 0.29) is 18.7 Å². The Bertz CT molecular complexity index is 561. The number of nitrogens with zero attached hydrogens (tertiary/aromatic N) is 2. The van der Waals surface area contributed by atoms with Gasteiger partial charge in [-0.1, -0.05) is 0 Å². The van der Waals surface area contributed by atoms with Gasteiger partial charge in [0.15, 0.2) is 0 Å². The fourth-order valence-corrected chi connectivity index (χ4v) is 2.42. The minimum absolute atomic E-state index is 0.0647. The van der Waals surface area contributed by atoms with Crippen molar-refractivity contribution in [3.8, 4) is 0 Å². The van der Waals surface area contributed by atoms with Gasteiger partial charge in [0.1, 0.15) is 4.70 Å². The van der Waals surface area contributed by atoms with E-state index in [9.17, 15) is 9.90 Å². The van der Waals surface area contributed by atoms with Gasteiger partial charge < -0.3 is 10.2 Å². The van der Waals surface area contributed by atoms with Gasteiger partial charge in [0.05, 0.1) is 31.1 Å². The molecule has 0 spiro atoms. The van der Waals surface area contributed by atoms with Gasteiger partial charge in [0.25, 0.3) is 5.56 Å². The molecular formula is C10H12N2O3S. The molecule has 0 saturated heterocycles. The van der Waals surface area contributed by atoms with E-state index in [2.05, 4.69) is 4.98 Å². The predicted octanol–water partition coefficient (Wildman–Crippen LogP) is 0.120. The second-order valence-electron chi connectivity index (χ2n) is 3.63. The van der Waals surface area contributed by atoms with Crippen LogP contribution in [0.25, 0.3) is 10.2 Å². The summed E-state index contributed by atoms with van der Waals surface area (Å²) in [6.07, 6.45) is 0.474. The molecule has 0 amide bonds. The molecule has 0 fully saturated rings. The van der Waals surface area contributed by atoms with Crippen LogP contribution in [0.4, 0.5) is 0 Å². The third-order valence-electron chi connectivity index (χ3n) is 2.34. The van der Waals surface area contributed by atoms with Gasteiger partial charge in [-0.05, 0) is 17.9 Å². The molecule has 0 radical (unpaired) electrons. The molecule has 0 aliphatic rings. The van der Waals surface area contributed by atoms with E-state index < -0.39 is 6.10 Å². The number of aliphatic hydroxyl groups excluding tert-OH is 2. The van der Waals surface area contributed by atoms with Crippen molar-refractivity contribution in [2.75, 3.05) is 6.61 Å². The number of aryl methyl sites for hydroxylation is 1. The third-order valence-corrected chi connectivity index (χ3v) is 3.42. The van der Waals surface area contributed by atoms with Gasteiger partial charge in [-0.25, -0.2) is 4.98 Å². The van der Waals surface area contributed by atoms with Crippen molar-refractivity contribution in [3.63, 3.8) is 0 Å². The zero-order chi connectivity index (χ0) is 11.7. The Morgan fingerprint density at radius 3 is 3.06 bits per heavy atom. The van der Waals surface area contributed by atoms with E-state index in [1.165, 1.54) is 22.2 Å². The summed E-state index contributed by atoms with van der Waals surface area (Å²) in [6.45, 7) is 1.60. The van der Waals surface area contributed by atoms with Crippen LogP contribution in [0.5, 0.6) is 0 Å². The molecule has 0 aliphatic carbocycles. The molecule has 2 aromatic heterocycles. The van der Waals surface area contributed by atoms with E-state index in [0.717, 1.165) is 5.56 Å². The Hall–Kier alpha value is -1.24. The standard InChI is InChI=1S/C10H12N2O3S/c1-6-4-16-9-8(6)11-5-12(10(9)15)2-7(14)3-13/h4-5,7,13-14H,2-3H2,1H3. The van der Waals surface area contributed by atoms with Crippen molar-refractivity contribution < 1.29 is 10.2 Å². The summed E-state index contributed by atoms with van der Waals surface area (Å²) in [5.74, 6) is 0. The largest absolute Gasteiger partial charge is 0.394 e. The van der Waals surface area contributed by atoms with Crippen LogP contribution in [-0.2, 0) is 6.54 Å². The van der Waals surface area contributed by atoms with Crippen LogP contribution in [0.15, 0.2) is 16.5 Å². The SMILES string of the molecule is Cc1csc2c(=O)n(CC(O)CO)cnc12. The Morgan fingerprint density at radius 1 is 1.62 bits per heavy atom. The van der Waals surface area contributed by atoms with Crippen LogP contribution in [0.3, 0.4) is 0 Å². The lowest BCUT2D eigenvalue weighted by molar-refractivity contribution is 0.0803. The fraction of sp³-hybridized carbons (Fsp3) is 0.400. The molecule has 16 heavy (non-hydrogen) atoms. The summed E-state index contributed by atoms with van der Waals surface area (Å²) in [7, 11) is 0. The van der Waals surface area contributed by atoms with Crippen molar-refractivity contribution in [1.82, 2.24) is 9.55 Å². The molecule has 2 N–H and O–H groups in total. The summed E-state index contributed by atoms with van der Waals surface area (Å²) in [5, 5.41) is 19.9. The van der Waals surface area contributed by atoms with Crippen molar-refractivity contribution in [2.24, 2.45) is 0 Å². The van der Waals surface area contributed by atoms with Gasteiger partial charge in [-0.3, -0.25) is 9.36 Å². The van der Waals surface area contributed by atoms with Crippen LogP contribution in [-0.4, -0.2) is 32.5 Å². The predicted molar refractivity (Wildman–Crippen MR) is 61.7 cm³/mol. The molecule has 86 valence electrons. The molecule has 0 aromatic carbocycles. The first-order chi connectivity index (χ1) is 7.63. The zero-order valence-electron chi connectivity index (χ0n) is 8.75. The van der Waals surface area contributed by atoms with Gasteiger partial charge in [0.2, 0.25) is 0 Å². The summed E-state index contributed by atoms with van der Waals surface area (Å²) >= 11 is 1.35. The number of hydrogen-bond donors (Lipinski definition) is 2. The van der Waals surface area contributed by atoms with Gasteiger partial charge in [-0.2, -0.15) is 0 Å². The Balaban J connectivity index is 2.49. The van der Waals surface area contributed by atoms with E-state index in [1.807, 2.05) is 12.3 Å². The summed E-state index contributed by atoms with van der Waals surface area (Å²) in [6, 6.07) is 0. The van der Waals surface area contributed by atoms with Crippen molar-refractivity contribution in [1.29, 1.82) is 0 Å². The van der Waals surface area contributed by atoms with Gasteiger partial charge in [-0.15, -0.1) is 11.3 Å². The maximum Gasteiger partial charge on any atom is 0.271 e. The highest BCUT2D eigenvalue weighted by Gasteiger charge is 2.10. The number of thiophene rings is 1. The monoisotopic (exact) mass is 240 g/mol. The average molecular weight is 240 g/mol. The molecule has 0 aliphatic heterocycles. The Morgan fingerprint density at radius 2 is 2.38 bits per heavy atom. The molecule has 0 bridgehead atoms. The van der Waals surface area contributed by atoms with E-state index >= 15 is 0 Å². The lowest BCUT2D eigenvalue weighted by Gasteiger charge is -2.08. The molecule has 1 unspecified atom stereocenters. The van der Waals surface area contributed by atoms with Crippen LogP contribution < -0.4 is 5.56 Å². The zero-order valence-corrected chi connectivity index (χ0v) is 9.57. The summed E-state index contributed by atoms with van der Waals surface area (Å²) < 4.78 is 1.91. The van der Waals surface area contributed by atoms with E-state index in [4.69, 9.17) is 5.11 Å². The minimum Gasteiger partial charge on any atom is -0.394 e. The van der Waals surface area contributed by atoms with Crippen LogP contribution in [0, 0.1) is 6.92 Å². The third kappa shape index (κ3) is 1.87. The lowest BCUT2D eigenvalue weighted by atomic mass is 10.3. The van der Waals surface area contributed by atoms with Crippen molar-refractivity contribution >= 4 is 21.6 Å². The number of aromatic nitrogens is 2. The second-order valence-corrected chi connectivity index (χ2v) is 4.51. The second kappa shape index (κ2) is 4.32. The lowest BCUT2D eigenvalue weighted by Crippen LogP contribution is -2.28. The highest BCUT2D eigenvalue weighted by atomic mass is 32.1. The maximum absolute atomic E-state index is 11.9. The number of aliphatic hydroxyl groups is 2. The van der Waals surface area contributed by atoms with Crippen LogP contribution in [0.1, 0.15) is 5.56 Å². The van der Waals surface area contributed by atoms with Gasteiger partial charge in [0, 0.05) is 0 Å². The minimum atomic E-state index is -0.932. The van der Waals surface area contributed by atoms with Crippen LogP contribution in [0.2, 0.25) is 0 Å². The highest BCUT2D eigenvalue weighted by Crippen LogP contribution is 2.19. The fourth-order valence-electron chi connectivity index (χ4n) is 1.48. The molecular weight excluding hydrogens is 228 g/mol. The number of rotatable bonds is 3. The smallest absolute Gasteiger partial charge is 0.271 e. The summed E-state index contributed by atoms with van der Waals surface area (Å²) in [4.78, 5) is 16.1. The molecule has 0 saturated carbocycles. The Labute approximate surface area is 95.6 Å². The first-order valence-electron chi connectivity index (χ1n) is 4.85. The first kappa shape index (κ1) is 11.3. The normalized spacial score (nSPS) is 13.2. The molecule has 2 rings (SSSR count).